The Bertz CT molecular complexity index is 1820. The molecule has 13 nitrogen and oxygen atoms in total. The predicted octanol–water partition coefficient (Wildman–Crippen LogP) is 5.64. The normalized spacial score (nSPS) is 29.0. The molecule has 2 aliphatic carbocycles. The largest absolute Gasteiger partial charge is 0.461 e. The minimum atomic E-state index is -2.27. The number of benzene rings is 1. The fraction of sp³-hybridized carbons (Fsp3) is 0.512. The Hall–Kier alpha value is -5.17. The van der Waals surface area contributed by atoms with Gasteiger partial charge in [-0.3, -0.25) is 24.2 Å². The van der Waals surface area contributed by atoms with Gasteiger partial charge in [0.1, 0.15) is 17.8 Å². The number of ether oxygens (including phenoxy) is 5. The second-order valence-corrected chi connectivity index (χ2v) is 15.9. The average Bonchev–Trinajstić information content (AvgIpc) is 3.41. The van der Waals surface area contributed by atoms with E-state index >= 15 is 0 Å². The topological polar surface area (TPSA) is 182 Å². The molecule has 1 aromatic carbocycles. The van der Waals surface area contributed by atoms with Crippen LogP contribution in [-0.4, -0.2) is 81.8 Å². The highest BCUT2D eigenvalue weighted by molar-refractivity contribution is 5.92. The molecule has 1 heterocycles. The first-order valence-corrected chi connectivity index (χ1v) is 18.8. The number of rotatable bonds is 9. The molecule has 0 amide bonds. The summed E-state index contributed by atoms with van der Waals surface area (Å²) < 4.78 is 30.5. The summed E-state index contributed by atoms with van der Waals surface area (Å²) in [5.41, 5.74) is -3.65. The molecule has 13 heteroatoms. The first kappa shape index (κ1) is 43.6. The Morgan fingerprint density at radius 1 is 0.804 bits per heavy atom. The molecule has 0 spiro atoms. The maximum Gasteiger partial charge on any atom is 0.340 e. The number of carbonyl (C=O) groups is 6. The van der Waals surface area contributed by atoms with E-state index in [2.05, 4.69) is 11.6 Å². The number of fused-ring (bicyclic) bond motifs is 1. The van der Waals surface area contributed by atoms with Gasteiger partial charge in [-0.25, -0.2) is 9.59 Å². The second kappa shape index (κ2) is 17.7. The molecular weight excluding hydrogens is 722 g/mol. The van der Waals surface area contributed by atoms with E-state index in [1.165, 1.54) is 42.7 Å². The molecule has 0 radical (unpaired) electrons. The molecule has 1 saturated carbocycles. The monoisotopic (exact) mass is 775 g/mol. The number of Topliss-reactive ketones (excluding diaryl/α,β-unsaturated/α-hetero) is 1. The predicted molar refractivity (Wildman–Crippen MR) is 203 cm³/mol. The zero-order valence-electron chi connectivity index (χ0n) is 33.4. The van der Waals surface area contributed by atoms with Crippen molar-refractivity contribution >= 4 is 35.6 Å². The molecule has 1 N–H and O–H groups in total. The highest BCUT2D eigenvalue weighted by Gasteiger charge is 2.63. The fourth-order valence-corrected chi connectivity index (χ4v) is 7.18. The van der Waals surface area contributed by atoms with Crippen LogP contribution in [0.1, 0.15) is 89.5 Å². The molecule has 9 unspecified atom stereocenters. The summed E-state index contributed by atoms with van der Waals surface area (Å²) in [5, 5.41) is 12.6. The molecule has 302 valence electrons. The summed E-state index contributed by atoms with van der Waals surface area (Å²) in [7, 11) is 0. The van der Waals surface area contributed by atoms with Crippen LogP contribution >= 0.6 is 0 Å². The SMILES string of the molecule is C=C1C(OC(=O)C(C)C)C(OC(=O)c2ccccc2)C(OC(=O)c2cccnc2)C(C)(C)C=CC(C)C(=O)C2(O)CC(C)C(OC(=O)C(C)C)C2C1OC(C)=O. The molecule has 0 saturated heterocycles. The van der Waals surface area contributed by atoms with Crippen molar-refractivity contribution in [1.29, 1.82) is 0 Å². The van der Waals surface area contributed by atoms with E-state index < -0.39 is 107 Å². The number of ketones is 1. The summed E-state index contributed by atoms with van der Waals surface area (Å²) in [6.45, 7) is 18.3. The van der Waals surface area contributed by atoms with Crippen molar-refractivity contribution in [1.82, 2.24) is 4.98 Å². The lowest BCUT2D eigenvalue weighted by Gasteiger charge is -2.44. The smallest absolute Gasteiger partial charge is 0.340 e. The van der Waals surface area contributed by atoms with Crippen LogP contribution in [-0.2, 0) is 42.9 Å². The van der Waals surface area contributed by atoms with Gasteiger partial charge in [0.15, 0.2) is 24.1 Å². The van der Waals surface area contributed by atoms with E-state index in [-0.39, 0.29) is 23.1 Å². The van der Waals surface area contributed by atoms with Crippen LogP contribution < -0.4 is 0 Å². The van der Waals surface area contributed by atoms with E-state index in [0.29, 0.717) is 0 Å². The Morgan fingerprint density at radius 3 is 1.96 bits per heavy atom. The van der Waals surface area contributed by atoms with Gasteiger partial charge in [0.05, 0.1) is 28.9 Å². The van der Waals surface area contributed by atoms with Crippen molar-refractivity contribution in [3.63, 3.8) is 0 Å². The maximum absolute atomic E-state index is 14.5. The van der Waals surface area contributed by atoms with Crippen molar-refractivity contribution in [3.05, 3.63) is 90.3 Å². The number of esters is 5. The van der Waals surface area contributed by atoms with Gasteiger partial charge in [-0.15, -0.1) is 0 Å². The molecule has 1 aromatic heterocycles. The number of aromatic nitrogens is 1. The van der Waals surface area contributed by atoms with Gasteiger partial charge in [-0.05, 0) is 36.6 Å². The van der Waals surface area contributed by atoms with Crippen LogP contribution in [0.5, 0.6) is 0 Å². The first-order valence-electron chi connectivity index (χ1n) is 18.8. The Morgan fingerprint density at radius 2 is 1.39 bits per heavy atom. The molecular formula is C43H53NO12. The quantitative estimate of drug-likeness (QED) is 0.188. The Kier molecular flexibility index (Phi) is 13.8. The molecule has 9 atom stereocenters. The lowest BCUT2D eigenvalue weighted by Crippen LogP contribution is -2.58. The van der Waals surface area contributed by atoms with Gasteiger partial charge in [0.2, 0.25) is 0 Å². The summed E-state index contributed by atoms with van der Waals surface area (Å²) >= 11 is 0. The molecule has 4 rings (SSSR count). The van der Waals surface area contributed by atoms with Crippen LogP contribution in [0.2, 0.25) is 0 Å². The molecule has 1 fully saturated rings. The van der Waals surface area contributed by atoms with E-state index in [1.807, 2.05) is 0 Å². The lowest BCUT2D eigenvalue weighted by atomic mass is 9.72. The van der Waals surface area contributed by atoms with E-state index in [0.717, 1.165) is 6.92 Å². The van der Waals surface area contributed by atoms with E-state index in [1.54, 1.807) is 79.7 Å². The van der Waals surface area contributed by atoms with Crippen LogP contribution in [0.25, 0.3) is 0 Å². The van der Waals surface area contributed by atoms with Gasteiger partial charge < -0.3 is 28.8 Å². The fourth-order valence-electron chi connectivity index (χ4n) is 7.18. The minimum absolute atomic E-state index is 0.0576. The van der Waals surface area contributed by atoms with Crippen molar-refractivity contribution < 1.29 is 57.6 Å². The third-order valence-corrected chi connectivity index (χ3v) is 10.3. The number of carbonyl (C=O) groups excluding carboxylic acids is 6. The van der Waals surface area contributed by atoms with Gasteiger partial charge in [0, 0.05) is 36.2 Å². The summed E-state index contributed by atoms with van der Waals surface area (Å²) in [4.78, 5) is 86.4. The van der Waals surface area contributed by atoms with Crippen LogP contribution in [0.3, 0.4) is 0 Å². The van der Waals surface area contributed by atoms with Crippen molar-refractivity contribution in [2.45, 2.75) is 105 Å². The molecule has 56 heavy (non-hydrogen) atoms. The van der Waals surface area contributed by atoms with Crippen LogP contribution in [0.15, 0.2) is 79.2 Å². The standard InChI is InChI=1S/C43H53NO12/c1-23(2)38(47)53-32-26(6)21-43(51)31(32)33(52-28(8)45)27(7)34(54-39(48)24(3)4)35(55-40(49)29-15-12-11-13-16-29)37(42(9,10)19-18-25(5)36(43)46)56-41(50)30-17-14-20-44-22-30/h11-20,22-26,31-35,37,51H,7,21H2,1-6,8-10H3. The molecule has 0 aliphatic heterocycles. The van der Waals surface area contributed by atoms with Gasteiger partial charge >= 0.3 is 29.8 Å². The number of aliphatic hydroxyl groups is 1. The number of nitrogens with zero attached hydrogens (tertiary/aromatic N) is 1. The Balaban J connectivity index is 2.08. The van der Waals surface area contributed by atoms with Gasteiger partial charge in [-0.1, -0.05) is 92.3 Å². The number of pyridine rings is 1. The zero-order valence-corrected chi connectivity index (χ0v) is 33.4. The van der Waals surface area contributed by atoms with Crippen molar-refractivity contribution in [2.75, 3.05) is 0 Å². The third-order valence-electron chi connectivity index (χ3n) is 10.3. The molecule has 2 aliphatic rings. The van der Waals surface area contributed by atoms with Crippen molar-refractivity contribution in [2.24, 2.45) is 35.0 Å². The minimum Gasteiger partial charge on any atom is -0.461 e. The summed E-state index contributed by atoms with van der Waals surface area (Å²) in [5.74, 6) is -9.17. The second-order valence-electron chi connectivity index (χ2n) is 15.9. The first-order chi connectivity index (χ1) is 26.2. The van der Waals surface area contributed by atoms with Crippen LogP contribution in [0, 0.1) is 35.0 Å². The highest BCUT2D eigenvalue weighted by Crippen LogP contribution is 2.49. The highest BCUT2D eigenvalue weighted by atomic mass is 16.6. The summed E-state index contributed by atoms with van der Waals surface area (Å²) in [6.07, 6.45) is -2.14. The van der Waals surface area contributed by atoms with E-state index in [9.17, 15) is 33.9 Å². The summed E-state index contributed by atoms with van der Waals surface area (Å²) in [6, 6.07) is 11.0. The number of allylic oxidation sites excluding steroid dienone is 1. The van der Waals surface area contributed by atoms with E-state index in [4.69, 9.17) is 23.7 Å². The van der Waals surface area contributed by atoms with Gasteiger partial charge in [0.25, 0.3) is 0 Å². The molecule has 0 bridgehead atoms. The zero-order chi connectivity index (χ0) is 41.7. The molecule has 2 aromatic rings. The number of hydrogen-bond donors (Lipinski definition) is 1. The average molecular weight is 776 g/mol. The Labute approximate surface area is 327 Å². The third kappa shape index (κ3) is 9.61. The van der Waals surface area contributed by atoms with Crippen LogP contribution in [0.4, 0.5) is 0 Å². The number of hydrogen-bond acceptors (Lipinski definition) is 13. The lowest BCUT2D eigenvalue weighted by molar-refractivity contribution is -0.178. The van der Waals surface area contributed by atoms with Gasteiger partial charge in [-0.2, -0.15) is 0 Å². The van der Waals surface area contributed by atoms with Crippen molar-refractivity contribution in [3.8, 4) is 0 Å². The maximum atomic E-state index is 14.5.